The molecule has 170 valence electrons. The first-order valence-electron chi connectivity index (χ1n) is 10.1. The van der Waals surface area contributed by atoms with Gasteiger partial charge >= 0.3 is 0 Å². The van der Waals surface area contributed by atoms with Crippen molar-refractivity contribution in [1.29, 1.82) is 0 Å². The van der Waals surface area contributed by atoms with Crippen molar-refractivity contribution in [3.63, 3.8) is 0 Å². The molecule has 0 saturated heterocycles. The molecule has 33 heavy (non-hydrogen) atoms. The molecule has 1 N–H and O–H groups in total. The van der Waals surface area contributed by atoms with Crippen molar-refractivity contribution in [2.45, 2.75) is 20.4 Å². The molecule has 0 radical (unpaired) electrons. The molecule has 3 rings (SSSR count). The molecule has 0 fully saturated rings. The van der Waals surface area contributed by atoms with E-state index in [-0.39, 0.29) is 12.5 Å². The summed E-state index contributed by atoms with van der Waals surface area (Å²) >= 11 is 0. The van der Waals surface area contributed by atoms with Gasteiger partial charge in [0.15, 0.2) is 5.82 Å². The van der Waals surface area contributed by atoms with Crippen molar-refractivity contribution in [2.75, 3.05) is 12.1 Å². The summed E-state index contributed by atoms with van der Waals surface area (Å²) in [4.78, 5) is 17.0. The Morgan fingerprint density at radius 1 is 1.21 bits per heavy atom. The third-order valence-electron chi connectivity index (χ3n) is 4.63. The molecule has 1 heterocycles. The fourth-order valence-electron chi connectivity index (χ4n) is 2.97. The van der Waals surface area contributed by atoms with Gasteiger partial charge in [-0.25, -0.2) is 13.8 Å². The van der Waals surface area contributed by atoms with Crippen LogP contribution in [0.4, 0.5) is 14.6 Å². The minimum absolute atomic E-state index is 0.0111. The molecule has 0 saturated carbocycles. The van der Waals surface area contributed by atoms with Crippen LogP contribution in [0.5, 0.6) is 11.5 Å². The fraction of sp³-hybridized carbons (Fsp3) is 0.160. The van der Waals surface area contributed by atoms with Gasteiger partial charge in [-0.2, -0.15) is 5.10 Å². The fourth-order valence-corrected chi connectivity index (χ4v) is 2.97. The van der Waals surface area contributed by atoms with Gasteiger partial charge in [-0.3, -0.25) is 9.80 Å². The van der Waals surface area contributed by atoms with Crippen molar-refractivity contribution in [3.8, 4) is 11.5 Å². The summed E-state index contributed by atoms with van der Waals surface area (Å²) in [6, 6.07) is 11.7. The molecular formula is C25H24F2N4O2. The lowest BCUT2D eigenvalue weighted by Crippen LogP contribution is -2.23. The number of carbonyl (C=O) groups excluding carboxylic acids is 1. The van der Waals surface area contributed by atoms with E-state index < -0.39 is 11.6 Å². The van der Waals surface area contributed by atoms with Crippen molar-refractivity contribution in [3.05, 3.63) is 95.2 Å². The number of pyridine rings is 1. The van der Waals surface area contributed by atoms with Gasteiger partial charge < -0.3 is 10.1 Å². The van der Waals surface area contributed by atoms with E-state index in [9.17, 15) is 13.6 Å². The van der Waals surface area contributed by atoms with Crippen LogP contribution in [-0.4, -0.2) is 24.2 Å². The van der Waals surface area contributed by atoms with Crippen LogP contribution < -0.4 is 15.1 Å². The number of allylic oxidation sites excluding steroid dienone is 1. The minimum atomic E-state index is -0.696. The number of rotatable bonds is 8. The van der Waals surface area contributed by atoms with E-state index in [1.165, 1.54) is 12.1 Å². The molecule has 0 bridgehead atoms. The van der Waals surface area contributed by atoms with Gasteiger partial charge in [-0.05, 0) is 55.3 Å². The number of hydrogen-bond acceptors (Lipinski definition) is 5. The highest BCUT2D eigenvalue weighted by Gasteiger charge is 2.14. The zero-order valence-corrected chi connectivity index (χ0v) is 18.6. The van der Waals surface area contributed by atoms with E-state index in [0.717, 1.165) is 11.6 Å². The molecule has 1 amide bonds. The summed E-state index contributed by atoms with van der Waals surface area (Å²) in [5.41, 5.74) is 2.14. The number of hydrazone groups is 1. The Morgan fingerprint density at radius 3 is 2.64 bits per heavy atom. The van der Waals surface area contributed by atoms with E-state index in [1.54, 1.807) is 61.7 Å². The second-order valence-electron chi connectivity index (χ2n) is 7.46. The van der Waals surface area contributed by atoms with E-state index >= 15 is 0 Å². The molecule has 0 aliphatic carbocycles. The molecule has 0 aliphatic heterocycles. The Labute approximate surface area is 191 Å². The zero-order valence-electron chi connectivity index (χ0n) is 18.6. The van der Waals surface area contributed by atoms with Gasteiger partial charge in [0.2, 0.25) is 0 Å². The Bertz CT molecular complexity index is 1190. The molecule has 2 aromatic carbocycles. The number of amides is 1. The topological polar surface area (TPSA) is 66.8 Å². The van der Waals surface area contributed by atoms with Crippen LogP contribution in [0.1, 0.15) is 28.4 Å². The van der Waals surface area contributed by atoms with Gasteiger partial charge in [0.1, 0.15) is 23.1 Å². The van der Waals surface area contributed by atoms with E-state index in [4.69, 9.17) is 4.74 Å². The third-order valence-corrected chi connectivity index (χ3v) is 4.63. The number of nitrogens with one attached hydrogen (secondary N) is 1. The molecule has 6 nitrogen and oxygen atoms in total. The lowest BCUT2D eigenvalue weighted by Gasteiger charge is -2.15. The van der Waals surface area contributed by atoms with Crippen molar-refractivity contribution in [1.82, 2.24) is 10.3 Å². The highest BCUT2D eigenvalue weighted by Crippen LogP contribution is 2.28. The normalized spacial score (nSPS) is 10.8. The minimum Gasteiger partial charge on any atom is -0.457 e. The first-order valence-corrected chi connectivity index (χ1v) is 10.1. The van der Waals surface area contributed by atoms with Gasteiger partial charge in [0, 0.05) is 49.3 Å². The second-order valence-corrected chi connectivity index (χ2v) is 7.46. The Balaban J connectivity index is 1.74. The average Bonchev–Trinajstić information content (AvgIpc) is 2.77. The van der Waals surface area contributed by atoms with Gasteiger partial charge in [-0.1, -0.05) is 12.6 Å². The first-order chi connectivity index (χ1) is 15.7. The predicted octanol–water partition coefficient (Wildman–Crippen LogP) is 5.39. The molecule has 3 aromatic rings. The van der Waals surface area contributed by atoms with Crippen molar-refractivity contribution >= 4 is 17.9 Å². The van der Waals surface area contributed by atoms with Gasteiger partial charge in [-0.15, -0.1) is 0 Å². The van der Waals surface area contributed by atoms with Crippen LogP contribution in [-0.2, 0) is 6.54 Å². The van der Waals surface area contributed by atoms with Crippen molar-refractivity contribution < 1.29 is 18.3 Å². The molecule has 0 atom stereocenters. The highest BCUT2D eigenvalue weighted by molar-refractivity contribution is 5.96. The molecule has 0 aliphatic rings. The number of benzene rings is 2. The summed E-state index contributed by atoms with van der Waals surface area (Å²) < 4.78 is 32.7. The number of aromatic nitrogens is 1. The summed E-state index contributed by atoms with van der Waals surface area (Å²) in [7, 11) is 1.76. The second kappa shape index (κ2) is 10.5. The lowest BCUT2D eigenvalue weighted by atomic mass is 10.1. The smallest absolute Gasteiger partial charge is 0.251 e. The van der Waals surface area contributed by atoms with Crippen LogP contribution in [0, 0.1) is 18.6 Å². The highest BCUT2D eigenvalue weighted by atomic mass is 19.1. The summed E-state index contributed by atoms with van der Waals surface area (Å²) in [5.74, 6) is -0.194. The third kappa shape index (κ3) is 6.46. The van der Waals surface area contributed by atoms with Crippen LogP contribution in [0.3, 0.4) is 0 Å². The van der Waals surface area contributed by atoms with Gasteiger partial charge in [0.25, 0.3) is 5.91 Å². The Hall–Kier alpha value is -4.07. The van der Waals surface area contributed by atoms with Crippen molar-refractivity contribution in [2.24, 2.45) is 5.10 Å². The summed E-state index contributed by atoms with van der Waals surface area (Å²) in [6.07, 6.45) is 3.22. The molecule has 0 unspecified atom stereocenters. The number of halogens is 2. The monoisotopic (exact) mass is 450 g/mol. The number of anilines is 1. The molecule has 8 heteroatoms. The number of nitrogens with zero attached hydrogens (tertiary/aromatic N) is 3. The van der Waals surface area contributed by atoms with Crippen LogP contribution >= 0.6 is 0 Å². The zero-order chi connectivity index (χ0) is 24.0. The maximum absolute atomic E-state index is 13.4. The number of ether oxygens (including phenoxy) is 1. The molecule has 1 aromatic heterocycles. The maximum atomic E-state index is 13.4. The predicted molar refractivity (Wildman–Crippen MR) is 125 cm³/mol. The lowest BCUT2D eigenvalue weighted by molar-refractivity contribution is 0.0950. The SMILES string of the molecule is C=C(C)/C=N\N(C)c1cc(Oc2cccc(C(=O)NCc3cc(F)cc(F)c3)c2C)ccn1. The Morgan fingerprint density at radius 2 is 1.94 bits per heavy atom. The van der Waals surface area contributed by atoms with E-state index in [0.29, 0.717) is 34.0 Å². The molecular weight excluding hydrogens is 426 g/mol. The number of hydrogen-bond donors (Lipinski definition) is 1. The van der Waals surface area contributed by atoms with E-state index in [1.807, 2.05) is 6.92 Å². The molecule has 0 spiro atoms. The van der Waals surface area contributed by atoms with E-state index in [2.05, 4.69) is 22.0 Å². The standard InChI is InChI=1S/C25H24F2N4O2/c1-16(2)14-30-31(4)24-13-21(8-9-28-24)33-23-7-5-6-22(17(23)3)25(32)29-15-18-10-19(26)12-20(27)11-18/h5-14H,1,15H2,2-4H3,(H,29,32)/b30-14-. The summed E-state index contributed by atoms with van der Waals surface area (Å²) in [6.45, 7) is 7.37. The van der Waals surface area contributed by atoms with Crippen LogP contribution in [0.2, 0.25) is 0 Å². The quantitative estimate of drug-likeness (QED) is 0.369. The van der Waals surface area contributed by atoms with Crippen LogP contribution in [0.15, 0.2) is 72.0 Å². The van der Waals surface area contributed by atoms with Crippen LogP contribution in [0.25, 0.3) is 0 Å². The maximum Gasteiger partial charge on any atom is 0.251 e. The Kier molecular flexibility index (Phi) is 7.50. The first kappa shape index (κ1) is 23.6. The summed E-state index contributed by atoms with van der Waals surface area (Å²) in [5, 5.41) is 8.52. The van der Waals surface area contributed by atoms with Gasteiger partial charge in [0.05, 0.1) is 0 Å². The largest absolute Gasteiger partial charge is 0.457 e. The number of carbonyl (C=O) groups is 1. The average molecular weight is 450 g/mol.